The summed E-state index contributed by atoms with van der Waals surface area (Å²) >= 11 is 0. The molecule has 0 aliphatic carbocycles. The van der Waals surface area contributed by atoms with Crippen molar-refractivity contribution in [2.45, 2.75) is 90.2 Å². The highest BCUT2D eigenvalue weighted by Crippen LogP contribution is 2.51. The molecule has 2 heterocycles. The van der Waals surface area contributed by atoms with Gasteiger partial charge < -0.3 is 42.8 Å². The highest BCUT2D eigenvalue weighted by atomic mass is 31.2. The van der Waals surface area contributed by atoms with Gasteiger partial charge in [0.1, 0.15) is 41.2 Å². The van der Waals surface area contributed by atoms with E-state index in [9.17, 15) is 14.9 Å². The van der Waals surface area contributed by atoms with Gasteiger partial charge in [-0.3, -0.25) is 9.36 Å². The van der Waals surface area contributed by atoms with E-state index >= 15 is 0 Å². The van der Waals surface area contributed by atoms with E-state index in [2.05, 4.69) is 48.7 Å². The van der Waals surface area contributed by atoms with Crippen LogP contribution >= 0.6 is 8.53 Å². The predicted molar refractivity (Wildman–Crippen MR) is 231 cm³/mol. The van der Waals surface area contributed by atoms with E-state index in [4.69, 9.17) is 37.5 Å². The van der Waals surface area contributed by atoms with Crippen molar-refractivity contribution in [1.82, 2.24) is 14.2 Å². The third-order valence-electron chi connectivity index (χ3n) is 10.1. The largest absolute Gasteiger partial charge is 0.497 e. The first-order valence-electron chi connectivity index (χ1n) is 20.2. The van der Waals surface area contributed by atoms with E-state index in [1.165, 1.54) is 11.5 Å². The molecule has 1 unspecified atom stereocenters. The molecule has 1 saturated heterocycles. The molecule has 328 valence electrons. The summed E-state index contributed by atoms with van der Waals surface area (Å²) in [4.78, 5) is 30.1. The van der Waals surface area contributed by atoms with Crippen LogP contribution in [-0.4, -0.2) is 98.3 Å². The smallest absolute Gasteiger partial charge is 0.351 e. The lowest BCUT2D eigenvalue weighted by Gasteiger charge is -2.39. The van der Waals surface area contributed by atoms with E-state index in [1.807, 2.05) is 78.9 Å². The number of anilines is 1. The van der Waals surface area contributed by atoms with Crippen LogP contribution in [0.3, 0.4) is 0 Å². The van der Waals surface area contributed by atoms with Crippen LogP contribution < -0.4 is 20.5 Å². The Labute approximate surface area is 359 Å². The molecule has 0 bridgehead atoms. The van der Waals surface area contributed by atoms with Gasteiger partial charge in [0.05, 0.1) is 53.1 Å². The van der Waals surface area contributed by atoms with E-state index in [0.29, 0.717) is 17.1 Å². The second-order valence-corrected chi connectivity index (χ2v) is 16.4. The number of nitrogens with zero attached hydrogens (tertiary/aromatic N) is 4. The average molecular weight is 860 g/mol. The van der Waals surface area contributed by atoms with Gasteiger partial charge in [0.2, 0.25) is 5.91 Å². The number of ether oxygens (including phenoxy) is 6. The Morgan fingerprint density at radius 3 is 2.02 bits per heavy atom. The van der Waals surface area contributed by atoms with Gasteiger partial charge in [-0.1, -0.05) is 54.6 Å². The van der Waals surface area contributed by atoms with Crippen LogP contribution in [-0.2, 0) is 38.4 Å². The summed E-state index contributed by atoms with van der Waals surface area (Å²) in [5, 5.41) is 12.1. The Morgan fingerprint density at radius 2 is 1.49 bits per heavy atom. The molecule has 1 aliphatic heterocycles. The van der Waals surface area contributed by atoms with Crippen LogP contribution in [0.25, 0.3) is 0 Å². The maximum absolute atomic E-state index is 13.9. The van der Waals surface area contributed by atoms with E-state index in [-0.39, 0.29) is 56.7 Å². The average Bonchev–Trinajstić information content (AvgIpc) is 3.58. The SMILES string of the molecule is COCCO[C@@H]1[C@H](OP(OCCC#N)N(C(C)C)C(C)C)[C@@H](COC(c2ccccc2)(c2ccc(OC)cc2)c2ccc(OC)cc2)O[C@H]1n1cc(C)c(NC(C)=O)nc1=O. The summed E-state index contributed by atoms with van der Waals surface area (Å²) < 4.78 is 54.3. The molecule has 16 heteroatoms. The third-order valence-corrected chi connectivity index (χ3v) is 12.2. The van der Waals surface area contributed by atoms with E-state index in [1.54, 1.807) is 34.4 Å². The first-order chi connectivity index (χ1) is 29.4. The van der Waals surface area contributed by atoms with Gasteiger partial charge in [0.15, 0.2) is 6.23 Å². The van der Waals surface area contributed by atoms with Crippen LogP contribution in [0.5, 0.6) is 11.5 Å². The molecule has 0 spiro atoms. The Hall–Kier alpha value is -4.75. The van der Waals surface area contributed by atoms with Gasteiger partial charge in [0.25, 0.3) is 8.53 Å². The van der Waals surface area contributed by atoms with Crippen LogP contribution in [0, 0.1) is 18.3 Å². The molecular weight excluding hydrogens is 801 g/mol. The molecule has 1 aliphatic rings. The number of rotatable bonds is 22. The number of hydrogen-bond acceptors (Lipinski definition) is 13. The summed E-state index contributed by atoms with van der Waals surface area (Å²) in [6.07, 6.45) is -2.05. The molecule has 1 aromatic heterocycles. The minimum atomic E-state index is -1.84. The summed E-state index contributed by atoms with van der Waals surface area (Å²) in [6.45, 7) is 11.7. The van der Waals surface area contributed by atoms with Crippen molar-refractivity contribution in [3.05, 3.63) is 118 Å². The second kappa shape index (κ2) is 22.4. The van der Waals surface area contributed by atoms with Gasteiger partial charge in [-0.05, 0) is 75.6 Å². The number of benzene rings is 3. The van der Waals surface area contributed by atoms with Crippen LogP contribution in [0.15, 0.2) is 89.9 Å². The Bertz CT molecular complexity index is 2040. The van der Waals surface area contributed by atoms with Crippen molar-refractivity contribution >= 4 is 20.3 Å². The quantitative estimate of drug-likeness (QED) is 0.0483. The number of aromatic nitrogens is 2. The molecule has 15 nitrogen and oxygen atoms in total. The number of aryl methyl sites for hydroxylation is 1. The fourth-order valence-electron chi connectivity index (χ4n) is 7.36. The molecule has 1 N–H and O–H groups in total. The minimum Gasteiger partial charge on any atom is -0.497 e. The number of amides is 1. The maximum Gasteiger partial charge on any atom is 0.351 e. The minimum absolute atomic E-state index is 0.0134. The van der Waals surface area contributed by atoms with Crippen molar-refractivity contribution in [3.8, 4) is 17.6 Å². The van der Waals surface area contributed by atoms with Crippen molar-refractivity contribution in [2.24, 2.45) is 0 Å². The number of carbonyl (C=O) groups is 1. The number of carbonyl (C=O) groups excluding carboxylic acids is 1. The molecule has 4 aromatic rings. The zero-order valence-electron chi connectivity index (χ0n) is 36.4. The van der Waals surface area contributed by atoms with Gasteiger partial charge in [0, 0.05) is 37.9 Å². The molecule has 1 amide bonds. The van der Waals surface area contributed by atoms with Gasteiger partial charge in [-0.25, -0.2) is 9.46 Å². The summed E-state index contributed by atoms with van der Waals surface area (Å²) in [5.41, 5.74) is 1.09. The highest BCUT2D eigenvalue weighted by molar-refractivity contribution is 7.44. The van der Waals surface area contributed by atoms with Crippen molar-refractivity contribution < 1.29 is 42.3 Å². The lowest BCUT2D eigenvalue weighted by molar-refractivity contribution is -0.114. The third kappa shape index (κ3) is 11.4. The van der Waals surface area contributed by atoms with Crippen LogP contribution in [0.2, 0.25) is 0 Å². The lowest BCUT2D eigenvalue weighted by atomic mass is 9.80. The number of hydrogen-bond donors (Lipinski definition) is 1. The zero-order chi connectivity index (χ0) is 44.1. The van der Waals surface area contributed by atoms with Crippen LogP contribution in [0.4, 0.5) is 5.82 Å². The molecule has 1 fully saturated rings. The second-order valence-electron chi connectivity index (χ2n) is 15.0. The topological polar surface area (TPSA) is 165 Å². The first-order valence-corrected chi connectivity index (χ1v) is 21.4. The predicted octanol–water partition coefficient (Wildman–Crippen LogP) is 7.13. The van der Waals surface area contributed by atoms with Crippen molar-refractivity contribution in [3.63, 3.8) is 0 Å². The standard InChI is InChI=1S/C45H58N5O10P/c1-30(2)50(31(3)4)61(58-25-13-24-46)60-40-39(59-43(41(40)56-27-26-53-7)49-28-32(5)42(47-33(6)51)48-44(49)52)29-57-45(34-14-11-10-12-15-34,35-16-20-37(54-8)21-17-35)36-18-22-38(55-9)23-19-36/h10-12,14-23,28,30-31,39-41,43H,13,25-27,29H2,1-9H3,(H,47,48,51,52)/t39-,40-,41-,43-,61?/m1/s1. The summed E-state index contributed by atoms with van der Waals surface area (Å²) in [5.74, 6) is 1.13. The molecule has 3 aromatic carbocycles. The van der Waals surface area contributed by atoms with E-state index < -0.39 is 44.4 Å². The van der Waals surface area contributed by atoms with Gasteiger partial charge in [-0.2, -0.15) is 10.2 Å². The molecule has 5 rings (SSSR count). The molecule has 0 saturated carbocycles. The number of methoxy groups -OCH3 is 3. The number of nitriles is 1. The fraction of sp³-hybridized carbons (Fsp3) is 0.467. The number of nitrogens with one attached hydrogen (secondary N) is 1. The summed E-state index contributed by atoms with van der Waals surface area (Å²) in [7, 11) is 2.97. The first kappa shape index (κ1) is 47.3. The Kier molecular flexibility index (Phi) is 17.3. The Balaban J connectivity index is 1.70. The maximum atomic E-state index is 13.9. The highest BCUT2D eigenvalue weighted by Gasteiger charge is 2.51. The van der Waals surface area contributed by atoms with Crippen LogP contribution in [0.1, 0.15) is 69.5 Å². The zero-order valence-corrected chi connectivity index (χ0v) is 37.3. The van der Waals surface area contributed by atoms with Crippen molar-refractivity contribution in [2.75, 3.05) is 53.1 Å². The normalized spacial score (nSPS) is 18.3. The monoisotopic (exact) mass is 859 g/mol. The Morgan fingerprint density at radius 1 is 0.902 bits per heavy atom. The van der Waals surface area contributed by atoms with Crippen molar-refractivity contribution in [1.29, 1.82) is 5.26 Å². The molecule has 5 atom stereocenters. The lowest BCUT2D eigenvalue weighted by Crippen LogP contribution is -2.43. The summed E-state index contributed by atoms with van der Waals surface area (Å²) in [6, 6.07) is 27.4. The molecular formula is C45H58N5O10P. The van der Waals surface area contributed by atoms with Gasteiger partial charge >= 0.3 is 5.69 Å². The van der Waals surface area contributed by atoms with Gasteiger partial charge in [-0.15, -0.1) is 0 Å². The fourth-order valence-corrected chi connectivity index (χ4v) is 9.13. The molecule has 0 radical (unpaired) electrons. The van der Waals surface area contributed by atoms with E-state index in [0.717, 1.165) is 16.7 Å². The molecule has 61 heavy (non-hydrogen) atoms.